The first-order chi connectivity index (χ1) is 48.3. The Morgan fingerprint density at radius 2 is 0.364 bits per heavy atom. The lowest BCUT2D eigenvalue weighted by Crippen LogP contribution is -2.63. The van der Waals surface area contributed by atoms with E-state index in [4.69, 9.17) is 41.1 Å². The second kappa shape index (κ2) is 31.8. The van der Waals surface area contributed by atoms with E-state index < -0.39 is 64.1 Å². The van der Waals surface area contributed by atoms with Crippen LogP contribution in [0.4, 0.5) is 0 Å². The number of rotatable bonds is 12. The quantitative estimate of drug-likeness (QED) is 0.111. The second-order valence-electron chi connectivity index (χ2n) is 25.7. The highest BCUT2D eigenvalue weighted by molar-refractivity contribution is 6.90. The minimum absolute atomic E-state index is 0.477. The maximum absolute atomic E-state index is 6.74. The van der Waals surface area contributed by atoms with Crippen molar-refractivity contribution in [1.29, 1.82) is 0 Å². The van der Waals surface area contributed by atoms with Gasteiger partial charge in [0.05, 0.1) is 0 Å². The maximum Gasteiger partial charge on any atom is 0.467 e. The molecule has 480 valence electrons. The third-order valence-corrected chi connectivity index (χ3v) is 18.3. The third-order valence-electron chi connectivity index (χ3n) is 18.3. The highest BCUT2D eigenvalue weighted by atomic mass is 16.7. The van der Waals surface area contributed by atoms with Crippen LogP contribution in [-0.2, 0) is 41.1 Å². The molecule has 12 aromatic rings. The van der Waals surface area contributed by atoms with E-state index in [-0.39, 0.29) is 0 Å². The molecule has 3 aliphatic heterocycles. The van der Waals surface area contributed by atoms with Gasteiger partial charge in [-0.05, 0) is 145 Å². The molecular weight excluding hydrogens is 1210 g/mol. The fourth-order valence-corrected chi connectivity index (χ4v) is 13.9. The molecule has 0 aliphatic carbocycles. The Morgan fingerprint density at radius 3 is 0.596 bits per heavy atom. The summed E-state index contributed by atoms with van der Waals surface area (Å²) < 4.78 is 58.1. The molecule has 3 fully saturated rings. The van der Waals surface area contributed by atoms with Gasteiger partial charge in [-0.25, -0.2) is 0 Å². The summed E-state index contributed by atoms with van der Waals surface area (Å²) >= 11 is 0. The molecule has 0 bridgehead atoms. The summed E-state index contributed by atoms with van der Waals surface area (Å²) in [5.41, 5.74) is 26.3. The van der Waals surface area contributed by atoms with E-state index in [9.17, 15) is 0 Å². The van der Waals surface area contributed by atoms with Crippen LogP contribution < -0.4 is 49.2 Å². The Labute approximate surface area is 587 Å². The fourth-order valence-electron chi connectivity index (χ4n) is 13.9. The van der Waals surface area contributed by atoms with Crippen LogP contribution in [0, 0.1) is 62.3 Å². The van der Waals surface area contributed by atoms with Crippen LogP contribution in [0.3, 0.4) is 0 Å². The van der Waals surface area contributed by atoms with Crippen molar-refractivity contribution >= 4 is 113 Å². The molecule has 0 unspecified atom stereocenters. The summed E-state index contributed by atoms with van der Waals surface area (Å²) in [6.45, 7) is 19.2. The van der Waals surface area contributed by atoms with E-state index in [2.05, 4.69) is 226 Å². The molecule has 3 heterocycles. The predicted octanol–water partition coefficient (Wildman–Crippen LogP) is 11.5. The van der Waals surface area contributed by atoms with Gasteiger partial charge in [0.1, 0.15) is 0 Å². The van der Waals surface area contributed by atoms with E-state index in [0.29, 0.717) is 0 Å². The van der Waals surface area contributed by atoms with Gasteiger partial charge >= 0.3 is 64.1 Å². The molecule has 3 saturated heterocycles. The van der Waals surface area contributed by atoms with Gasteiger partial charge in [0, 0.05) is 0 Å². The molecule has 15 rings (SSSR count). The molecule has 12 aromatic carbocycles. The lowest BCUT2D eigenvalue weighted by molar-refractivity contribution is 0.307. The molecule has 0 saturated carbocycles. The van der Waals surface area contributed by atoms with Gasteiger partial charge in [0.15, 0.2) is 0 Å². The average Bonchev–Trinajstić information content (AvgIpc) is 0.783. The molecule has 18 heteroatoms. The first-order valence-corrected chi connectivity index (χ1v) is 34.0. The highest BCUT2D eigenvalue weighted by Crippen LogP contribution is 2.26. The van der Waals surface area contributed by atoms with Crippen molar-refractivity contribution < 1.29 is 41.1 Å². The molecule has 9 nitrogen and oxygen atoms in total. The minimum atomic E-state index is -0.669. The third kappa shape index (κ3) is 16.1. The van der Waals surface area contributed by atoms with E-state index in [1.807, 2.05) is 127 Å². The van der Waals surface area contributed by atoms with E-state index in [0.717, 1.165) is 82.5 Å². The average molecular weight is 1290 g/mol. The number of hydrogen-bond acceptors (Lipinski definition) is 9. The van der Waals surface area contributed by atoms with Crippen LogP contribution >= 0.6 is 0 Å². The lowest BCUT2D eigenvalue weighted by atomic mass is 9.58. The summed E-state index contributed by atoms with van der Waals surface area (Å²) in [5, 5.41) is 0. The van der Waals surface area contributed by atoms with Crippen molar-refractivity contribution in [2.24, 2.45) is 0 Å². The van der Waals surface area contributed by atoms with Crippen LogP contribution in [0.15, 0.2) is 291 Å². The predicted molar refractivity (Wildman–Crippen MR) is 415 cm³/mol. The summed E-state index contributed by atoms with van der Waals surface area (Å²) in [6, 6.07) is 98.9. The molecule has 3 aliphatic rings. The molecule has 0 N–H and O–H groups in total. The van der Waals surface area contributed by atoms with E-state index in [1.165, 1.54) is 50.1 Å². The summed E-state index contributed by atoms with van der Waals surface area (Å²) in [4.78, 5) is 0. The van der Waals surface area contributed by atoms with Crippen LogP contribution in [0.5, 0.6) is 0 Å². The van der Waals surface area contributed by atoms with Crippen LogP contribution in [0.25, 0.3) is 33.4 Å². The minimum Gasteiger partial charge on any atom is -0.445 e. The Kier molecular flexibility index (Phi) is 22.0. The van der Waals surface area contributed by atoms with Crippen molar-refractivity contribution in [1.82, 2.24) is 0 Å². The van der Waals surface area contributed by atoms with Crippen molar-refractivity contribution in [3.05, 3.63) is 341 Å². The Bertz CT molecular complexity index is 4130. The number of aryl methyl sites for hydroxylation is 9. The van der Waals surface area contributed by atoms with Gasteiger partial charge < -0.3 is 41.1 Å². The largest absolute Gasteiger partial charge is 0.467 e. The van der Waals surface area contributed by atoms with E-state index >= 15 is 0 Å². The fraction of sp³-hybridized carbons (Fsp3) is 0.111. The van der Waals surface area contributed by atoms with Crippen LogP contribution in [0.1, 0.15) is 50.1 Å². The Balaban J connectivity index is 0.000000139. The number of benzene rings is 12. The zero-order chi connectivity index (χ0) is 68.4. The van der Waals surface area contributed by atoms with Gasteiger partial charge in [0.2, 0.25) is 0 Å². The highest BCUT2D eigenvalue weighted by Gasteiger charge is 2.48. The van der Waals surface area contributed by atoms with Crippen LogP contribution in [-0.4, -0.2) is 64.1 Å². The van der Waals surface area contributed by atoms with Gasteiger partial charge in [-0.2, -0.15) is 0 Å². The smallest absolute Gasteiger partial charge is 0.445 e. The summed E-state index contributed by atoms with van der Waals surface area (Å²) in [7, 11) is -4.99. The Hall–Kier alpha value is -9.14. The molecule has 0 aromatic heterocycles. The molecule has 99 heavy (non-hydrogen) atoms. The standard InChI is InChI=1S/C36H27B3O3.C27H33B3O3.C18H15B3O3/c1-4-16-28(17-5-1)31-22-10-13-25-34(31)37-40-38(35-26-14-11-23-32(35)29-18-6-2-7-19-29)42-39(41-37)36-27-15-12-24-33(36)30-20-8-3-9-21-30;1-16-10-19(4)25(20(5)11-16)28-31-29(26-21(6)12-17(2)13-22(26)7)33-30(32-28)27-23(8)14-18(3)15-24(27)9;1-4-10-16(11-5-1)19-22-20(17-12-6-2-7-13-17)24-21(23-19)18-14-8-3-9-15-18/h1-27H;10-15H,1-9H3;1-15H. The van der Waals surface area contributed by atoms with Crippen molar-refractivity contribution in [2.45, 2.75) is 62.3 Å². The first-order valence-electron chi connectivity index (χ1n) is 34.0. The second-order valence-corrected chi connectivity index (χ2v) is 25.7. The molecule has 0 atom stereocenters. The van der Waals surface area contributed by atoms with Crippen molar-refractivity contribution in [2.75, 3.05) is 0 Å². The monoisotopic (exact) mass is 1290 g/mol. The number of hydrogen-bond donors (Lipinski definition) is 0. The van der Waals surface area contributed by atoms with Gasteiger partial charge in [-0.1, -0.05) is 341 Å². The lowest BCUT2D eigenvalue weighted by Gasteiger charge is -2.35. The zero-order valence-electron chi connectivity index (χ0n) is 57.6. The first kappa shape index (κ1) is 68.4. The van der Waals surface area contributed by atoms with Gasteiger partial charge in [-0.15, -0.1) is 0 Å². The topological polar surface area (TPSA) is 83.1 Å². The molecule has 0 radical (unpaired) electrons. The molecule has 0 amide bonds. The zero-order valence-corrected chi connectivity index (χ0v) is 57.6. The normalized spacial score (nSPS) is 14.0. The summed E-state index contributed by atoms with van der Waals surface area (Å²) in [6.07, 6.45) is 0. The van der Waals surface area contributed by atoms with Crippen LogP contribution in [0.2, 0.25) is 0 Å². The molecular formula is C81H75B9O9. The summed E-state index contributed by atoms with van der Waals surface area (Å²) in [5.74, 6) is 0. The molecule has 0 spiro atoms. The van der Waals surface area contributed by atoms with Crippen molar-refractivity contribution in [3.63, 3.8) is 0 Å². The SMILES string of the molecule is Cc1cc(C)c(B2OB(c3c(C)cc(C)cc3C)OB(c3c(C)cc(C)cc3C)O2)c(C)c1.c1ccc(-c2ccccc2B2OB(c3ccccc3-c3ccccc3)OB(c3ccccc3-c3ccccc3)O2)cc1.c1ccc(B2OB(c3ccccc3)OB(c3ccccc3)O2)cc1. The Morgan fingerprint density at radius 1 is 0.182 bits per heavy atom. The van der Waals surface area contributed by atoms with Gasteiger partial charge in [-0.3, -0.25) is 0 Å². The van der Waals surface area contributed by atoms with Gasteiger partial charge in [0.25, 0.3) is 0 Å². The van der Waals surface area contributed by atoms with E-state index in [1.54, 1.807) is 0 Å². The van der Waals surface area contributed by atoms with Crippen molar-refractivity contribution in [3.8, 4) is 33.4 Å². The maximum atomic E-state index is 6.74.